The lowest BCUT2D eigenvalue weighted by atomic mass is 9.66. The third-order valence-corrected chi connectivity index (χ3v) is 7.54. The van der Waals surface area contributed by atoms with E-state index in [1.807, 2.05) is 12.1 Å². The highest BCUT2D eigenvalue weighted by Crippen LogP contribution is 2.45. The molecule has 0 spiro atoms. The first-order valence-corrected chi connectivity index (χ1v) is 11.6. The molecule has 4 nitrogen and oxygen atoms in total. The lowest BCUT2D eigenvalue weighted by Crippen LogP contribution is -2.48. The van der Waals surface area contributed by atoms with Crippen LogP contribution in [0.25, 0.3) is 10.8 Å². The summed E-state index contributed by atoms with van der Waals surface area (Å²) in [5.41, 5.74) is 0.259. The normalized spacial score (nSPS) is 25.8. The molecule has 2 fully saturated rings. The molecule has 4 rings (SSSR count). The minimum Gasteiger partial charge on any atom is -0.489 e. The third kappa shape index (κ3) is 4.49. The molecule has 2 N–H and O–H groups in total. The summed E-state index contributed by atoms with van der Waals surface area (Å²) in [6.45, 7) is 5.85. The number of ether oxygens (including phenoxy) is 1. The quantitative estimate of drug-likeness (QED) is 0.582. The van der Waals surface area contributed by atoms with Gasteiger partial charge >= 0.3 is 0 Å². The average Bonchev–Trinajstić information content (AvgIpc) is 3.55. The van der Waals surface area contributed by atoms with Crippen LogP contribution in [-0.4, -0.2) is 23.7 Å². The van der Waals surface area contributed by atoms with E-state index in [1.165, 1.54) is 45.1 Å². The molecule has 2 aliphatic rings. The molecule has 1 atom stereocenters. The summed E-state index contributed by atoms with van der Waals surface area (Å²) in [4.78, 5) is 14.7. The largest absolute Gasteiger partial charge is 0.489 e. The maximum Gasteiger partial charge on any atom is 0.255 e. The Labute approximate surface area is 178 Å². The van der Waals surface area contributed by atoms with E-state index in [1.54, 1.807) is 12.3 Å². The second-order valence-corrected chi connectivity index (χ2v) is 9.43. The number of pyridine rings is 1. The fraction of sp³-hybridized carbons (Fsp3) is 0.625. The van der Waals surface area contributed by atoms with Crippen molar-refractivity contribution in [3.63, 3.8) is 0 Å². The predicted molar refractivity (Wildman–Crippen MR) is 120 cm³/mol. The summed E-state index contributed by atoms with van der Waals surface area (Å²) in [6, 6.07) is 6.12. The topological polar surface area (TPSA) is 54.1 Å². The smallest absolute Gasteiger partial charge is 0.255 e. The summed E-state index contributed by atoms with van der Waals surface area (Å²) in [7, 11) is 0. The lowest BCUT2D eigenvalue weighted by Gasteiger charge is -2.45. The van der Waals surface area contributed by atoms with Crippen molar-refractivity contribution < 1.29 is 4.74 Å². The van der Waals surface area contributed by atoms with Crippen molar-refractivity contribution in [2.75, 3.05) is 6.54 Å². The van der Waals surface area contributed by atoms with Crippen LogP contribution >= 0.6 is 11.6 Å². The highest BCUT2D eigenvalue weighted by Gasteiger charge is 2.40. The molecule has 1 aromatic heterocycles. The Bertz CT molecular complexity index is 897. The van der Waals surface area contributed by atoms with Crippen molar-refractivity contribution >= 4 is 22.4 Å². The van der Waals surface area contributed by atoms with Gasteiger partial charge in [-0.3, -0.25) is 4.79 Å². The van der Waals surface area contributed by atoms with Gasteiger partial charge in [0.15, 0.2) is 0 Å². The van der Waals surface area contributed by atoms with Crippen LogP contribution in [-0.2, 0) is 0 Å². The standard InChI is InChI=1S/C24H33ClN2O2/c1-3-22(27-15-16-5-6-16)24(4-2)10-7-18(8-11-24)29-21-13-17-9-12-26-23(28)19(17)14-20(21)25/h9,12-14,16,18,22,27H,3-8,10-11,15H2,1-2H3,(H,26,28). The van der Waals surface area contributed by atoms with Crippen molar-refractivity contribution in [2.45, 2.75) is 77.4 Å². The number of hydrogen-bond donors (Lipinski definition) is 2. The Hall–Kier alpha value is -1.52. The van der Waals surface area contributed by atoms with Crippen LogP contribution in [0.2, 0.25) is 5.02 Å². The molecule has 158 valence electrons. The number of nitrogens with one attached hydrogen (secondary N) is 2. The van der Waals surface area contributed by atoms with E-state index in [0.717, 1.165) is 24.1 Å². The van der Waals surface area contributed by atoms with Gasteiger partial charge in [0.1, 0.15) is 5.75 Å². The first-order chi connectivity index (χ1) is 14.0. The molecule has 1 heterocycles. The first kappa shape index (κ1) is 20.7. The van der Waals surface area contributed by atoms with E-state index in [-0.39, 0.29) is 11.7 Å². The van der Waals surface area contributed by atoms with Gasteiger partial charge in [-0.15, -0.1) is 0 Å². The molecule has 5 heteroatoms. The molecule has 2 aromatic rings. The molecule has 0 amide bonds. The van der Waals surface area contributed by atoms with Crippen molar-refractivity contribution in [3.05, 3.63) is 39.8 Å². The van der Waals surface area contributed by atoms with Gasteiger partial charge in [-0.2, -0.15) is 0 Å². The predicted octanol–water partition coefficient (Wildman–Crippen LogP) is 5.68. The van der Waals surface area contributed by atoms with E-state index in [9.17, 15) is 4.79 Å². The fourth-order valence-corrected chi connectivity index (χ4v) is 5.32. The van der Waals surface area contributed by atoms with Crippen LogP contribution < -0.4 is 15.6 Å². The summed E-state index contributed by atoms with van der Waals surface area (Å²) in [6.07, 6.45) is 11.5. The van der Waals surface area contributed by atoms with E-state index in [0.29, 0.717) is 27.6 Å². The van der Waals surface area contributed by atoms with Gasteiger partial charge in [0.05, 0.1) is 11.1 Å². The van der Waals surface area contributed by atoms with Gasteiger partial charge in [-0.25, -0.2) is 0 Å². The minimum absolute atomic E-state index is 0.120. The van der Waals surface area contributed by atoms with E-state index in [4.69, 9.17) is 16.3 Å². The van der Waals surface area contributed by atoms with Gasteiger partial charge in [-0.05, 0) is 92.8 Å². The Morgan fingerprint density at radius 3 is 2.66 bits per heavy atom. The van der Waals surface area contributed by atoms with Gasteiger partial charge in [-0.1, -0.05) is 25.4 Å². The Morgan fingerprint density at radius 2 is 2.00 bits per heavy atom. The second-order valence-electron chi connectivity index (χ2n) is 9.02. The molecule has 29 heavy (non-hydrogen) atoms. The molecule has 2 aliphatic carbocycles. The number of aromatic nitrogens is 1. The molecule has 0 saturated heterocycles. The number of rotatable bonds is 8. The lowest BCUT2D eigenvalue weighted by molar-refractivity contribution is 0.0459. The summed E-state index contributed by atoms with van der Waals surface area (Å²) >= 11 is 6.44. The molecule has 2 saturated carbocycles. The van der Waals surface area contributed by atoms with E-state index < -0.39 is 0 Å². The number of halogens is 1. The average molecular weight is 417 g/mol. The highest BCUT2D eigenvalue weighted by atomic mass is 35.5. The van der Waals surface area contributed by atoms with Crippen LogP contribution in [0, 0.1) is 11.3 Å². The van der Waals surface area contributed by atoms with Gasteiger partial charge in [0, 0.05) is 17.6 Å². The Balaban J connectivity index is 1.43. The molecule has 1 aromatic carbocycles. The number of fused-ring (bicyclic) bond motifs is 1. The molecular weight excluding hydrogens is 384 g/mol. The van der Waals surface area contributed by atoms with Crippen LogP contribution in [0.1, 0.15) is 65.2 Å². The van der Waals surface area contributed by atoms with Crippen LogP contribution in [0.4, 0.5) is 0 Å². The van der Waals surface area contributed by atoms with E-state index in [2.05, 4.69) is 24.1 Å². The van der Waals surface area contributed by atoms with Crippen molar-refractivity contribution in [1.29, 1.82) is 0 Å². The molecule has 1 unspecified atom stereocenters. The Morgan fingerprint density at radius 1 is 1.24 bits per heavy atom. The first-order valence-electron chi connectivity index (χ1n) is 11.3. The van der Waals surface area contributed by atoms with Crippen molar-refractivity contribution in [2.24, 2.45) is 11.3 Å². The minimum atomic E-state index is -0.120. The molecule has 0 radical (unpaired) electrons. The van der Waals surface area contributed by atoms with Crippen molar-refractivity contribution in [3.8, 4) is 5.75 Å². The number of benzene rings is 1. The monoisotopic (exact) mass is 416 g/mol. The van der Waals surface area contributed by atoms with E-state index >= 15 is 0 Å². The number of aromatic amines is 1. The fourth-order valence-electron chi connectivity index (χ4n) is 5.12. The van der Waals surface area contributed by atoms with Gasteiger partial charge in [0.25, 0.3) is 5.56 Å². The SMILES string of the molecule is CCC(NCC1CC1)C1(CC)CCC(Oc2cc3cc[nH]c(=O)c3cc2Cl)CC1. The van der Waals surface area contributed by atoms with Crippen LogP contribution in [0.5, 0.6) is 5.75 Å². The maximum absolute atomic E-state index is 12.0. The zero-order chi connectivity index (χ0) is 20.4. The van der Waals surface area contributed by atoms with Crippen LogP contribution in [0.15, 0.2) is 29.2 Å². The van der Waals surface area contributed by atoms with Gasteiger partial charge < -0.3 is 15.0 Å². The van der Waals surface area contributed by atoms with Gasteiger partial charge in [0.2, 0.25) is 0 Å². The Kier molecular flexibility index (Phi) is 6.21. The maximum atomic E-state index is 12.0. The van der Waals surface area contributed by atoms with Crippen LogP contribution in [0.3, 0.4) is 0 Å². The zero-order valence-electron chi connectivity index (χ0n) is 17.6. The molecule has 0 bridgehead atoms. The second kappa shape index (κ2) is 8.69. The highest BCUT2D eigenvalue weighted by molar-refractivity contribution is 6.32. The summed E-state index contributed by atoms with van der Waals surface area (Å²) in [5.74, 6) is 1.61. The van der Waals surface area contributed by atoms with Crippen molar-refractivity contribution in [1.82, 2.24) is 10.3 Å². The summed E-state index contributed by atoms with van der Waals surface area (Å²) < 4.78 is 6.33. The molecular formula is C24H33ClN2O2. The molecule has 0 aliphatic heterocycles. The number of H-pyrrole nitrogens is 1. The number of hydrogen-bond acceptors (Lipinski definition) is 3. The summed E-state index contributed by atoms with van der Waals surface area (Å²) in [5, 5.41) is 5.88. The third-order valence-electron chi connectivity index (χ3n) is 7.25. The zero-order valence-corrected chi connectivity index (χ0v) is 18.4.